The smallest absolute Gasteiger partial charge is 0.255 e. The van der Waals surface area contributed by atoms with E-state index >= 15 is 0 Å². The van der Waals surface area contributed by atoms with E-state index in [2.05, 4.69) is 40.3 Å². The maximum atomic E-state index is 12.1. The largest absolute Gasteiger partial charge is 0.322 e. The summed E-state index contributed by atoms with van der Waals surface area (Å²) < 4.78 is 0.904. The van der Waals surface area contributed by atoms with Crippen LogP contribution in [0.25, 0.3) is 0 Å². The number of anilines is 1. The van der Waals surface area contributed by atoms with Crippen molar-refractivity contribution in [2.24, 2.45) is 0 Å². The quantitative estimate of drug-likeness (QED) is 0.694. The summed E-state index contributed by atoms with van der Waals surface area (Å²) in [6.45, 7) is 2.21. The first-order valence-corrected chi connectivity index (χ1v) is 8.14. The highest BCUT2D eigenvalue weighted by Crippen LogP contribution is 2.15. The molecular weight excluding hydrogens is 326 g/mol. The van der Waals surface area contributed by atoms with E-state index < -0.39 is 0 Å². The highest BCUT2D eigenvalue weighted by atomic mass is 79.9. The number of halogens is 1. The number of benzene rings is 2. The molecular formula is C18H20BrNO. The Kier molecular flexibility index (Phi) is 6.00. The van der Waals surface area contributed by atoms with Gasteiger partial charge in [-0.2, -0.15) is 0 Å². The van der Waals surface area contributed by atoms with E-state index in [1.54, 1.807) is 6.07 Å². The van der Waals surface area contributed by atoms with Crippen molar-refractivity contribution in [2.45, 2.75) is 32.6 Å². The van der Waals surface area contributed by atoms with Crippen LogP contribution in [-0.4, -0.2) is 5.91 Å². The average Bonchev–Trinajstić information content (AvgIpc) is 2.49. The molecule has 2 aromatic carbocycles. The lowest BCUT2D eigenvalue weighted by molar-refractivity contribution is 0.102. The van der Waals surface area contributed by atoms with Crippen LogP contribution in [0.2, 0.25) is 0 Å². The van der Waals surface area contributed by atoms with E-state index in [0.717, 1.165) is 16.6 Å². The number of carbonyl (C=O) groups is 1. The van der Waals surface area contributed by atoms with Crippen molar-refractivity contribution in [3.63, 3.8) is 0 Å². The van der Waals surface area contributed by atoms with Gasteiger partial charge < -0.3 is 5.32 Å². The Morgan fingerprint density at radius 2 is 1.86 bits per heavy atom. The molecule has 2 rings (SSSR count). The summed E-state index contributed by atoms with van der Waals surface area (Å²) in [5.74, 6) is -0.0879. The molecule has 0 spiro atoms. The van der Waals surface area contributed by atoms with Crippen molar-refractivity contribution in [1.82, 2.24) is 0 Å². The molecule has 21 heavy (non-hydrogen) atoms. The predicted molar refractivity (Wildman–Crippen MR) is 91.8 cm³/mol. The molecule has 0 heterocycles. The number of hydrogen-bond donors (Lipinski definition) is 1. The molecule has 2 nitrogen and oxygen atoms in total. The van der Waals surface area contributed by atoms with Crippen LogP contribution in [0.4, 0.5) is 5.69 Å². The standard InChI is InChI=1S/C18H20BrNO/c1-2-3-4-6-14-9-11-17(12-10-14)20-18(21)15-7-5-8-16(19)13-15/h5,7-13H,2-4,6H2,1H3,(H,20,21). The second-order valence-corrected chi connectivity index (χ2v) is 6.03. The number of carbonyl (C=O) groups excluding carboxylic acids is 1. The van der Waals surface area contributed by atoms with E-state index in [9.17, 15) is 4.79 Å². The minimum absolute atomic E-state index is 0.0879. The summed E-state index contributed by atoms with van der Waals surface area (Å²) in [7, 11) is 0. The molecule has 0 aliphatic carbocycles. The summed E-state index contributed by atoms with van der Waals surface area (Å²) in [5, 5.41) is 2.92. The Labute approximate surface area is 134 Å². The highest BCUT2D eigenvalue weighted by Gasteiger charge is 2.06. The minimum Gasteiger partial charge on any atom is -0.322 e. The van der Waals surface area contributed by atoms with Crippen LogP contribution in [0.5, 0.6) is 0 Å². The van der Waals surface area contributed by atoms with Crippen LogP contribution < -0.4 is 5.32 Å². The van der Waals surface area contributed by atoms with Gasteiger partial charge in [-0.25, -0.2) is 0 Å². The summed E-state index contributed by atoms with van der Waals surface area (Å²) in [6.07, 6.45) is 4.83. The first kappa shape index (κ1) is 15.8. The second kappa shape index (κ2) is 7.99. The lowest BCUT2D eigenvalue weighted by Crippen LogP contribution is -2.11. The summed E-state index contributed by atoms with van der Waals surface area (Å²) >= 11 is 3.38. The van der Waals surface area contributed by atoms with Crippen LogP contribution in [-0.2, 0) is 6.42 Å². The van der Waals surface area contributed by atoms with Gasteiger partial charge in [-0.05, 0) is 48.7 Å². The Morgan fingerprint density at radius 1 is 1.10 bits per heavy atom. The van der Waals surface area contributed by atoms with Gasteiger partial charge in [-0.15, -0.1) is 0 Å². The van der Waals surface area contributed by atoms with Crippen molar-refractivity contribution in [1.29, 1.82) is 0 Å². The van der Waals surface area contributed by atoms with Crippen molar-refractivity contribution >= 4 is 27.5 Å². The number of amides is 1. The van der Waals surface area contributed by atoms with Gasteiger partial charge >= 0.3 is 0 Å². The first-order valence-electron chi connectivity index (χ1n) is 7.35. The van der Waals surface area contributed by atoms with Gasteiger partial charge in [0.1, 0.15) is 0 Å². The van der Waals surface area contributed by atoms with E-state index in [-0.39, 0.29) is 5.91 Å². The average molecular weight is 346 g/mol. The van der Waals surface area contributed by atoms with Gasteiger partial charge in [-0.1, -0.05) is 53.9 Å². The zero-order valence-corrected chi connectivity index (χ0v) is 13.8. The van der Waals surface area contributed by atoms with Crippen molar-refractivity contribution in [3.8, 4) is 0 Å². The molecule has 0 atom stereocenters. The monoisotopic (exact) mass is 345 g/mol. The Bertz CT molecular complexity index is 592. The van der Waals surface area contributed by atoms with Gasteiger partial charge in [-0.3, -0.25) is 4.79 Å². The van der Waals surface area contributed by atoms with Crippen LogP contribution in [0.3, 0.4) is 0 Å². The SMILES string of the molecule is CCCCCc1ccc(NC(=O)c2cccc(Br)c2)cc1. The molecule has 1 N–H and O–H groups in total. The predicted octanol–water partition coefficient (Wildman–Crippen LogP) is 5.43. The molecule has 1 amide bonds. The molecule has 0 fully saturated rings. The summed E-state index contributed by atoms with van der Waals surface area (Å²) in [5.41, 5.74) is 2.81. The first-order chi connectivity index (χ1) is 10.2. The lowest BCUT2D eigenvalue weighted by Gasteiger charge is -2.07. The number of hydrogen-bond acceptors (Lipinski definition) is 1. The molecule has 0 bridgehead atoms. The van der Waals surface area contributed by atoms with Crippen LogP contribution >= 0.6 is 15.9 Å². The number of aryl methyl sites for hydroxylation is 1. The molecule has 2 aromatic rings. The fourth-order valence-electron chi connectivity index (χ4n) is 2.17. The topological polar surface area (TPSA) is 29.1 Å². The third-order valence-corrected chi connectivity index (χ3v) is 3.86. The summed E-state index contributed by atoms with van der Waals surface area (Å²) in [4.78, 5) is 12.1. The normalized spacial score (nSPS) is 10.4. The molecule has 0 saturated heterocycles. The number of rotatable bonds is 6. The molecule has 0 saturated carbocycles. The fourth-order valence-corrected chi connectivity index (χ4v) is 2.57. The molecule has 110 valence electrons. The Morgan fingerprint density at radius 3 is 2.52 bits per heavy atom. The molecule has 3 heteroatoms. The van der Waals surface area contributed by atoms with E-state index in [1.807, 2.05) is 30.3 Å². The Balaban J connectivity index is 1.95. The van der Waals surface area contributed by atoms with Crippen molar-refractivity contribution in [2.75, 3.05) is 5.32 Å². The molecule has 0 aromatic heterocycles. The lowest BCUT2D eigenvalue weighted by atomic mass is 10.1. The molecule has 0 aliphatic heterocycles. The maximum absolute atomic E-state index is 12.1. The zero-order valence-electron chi connectivity index (χ0n) is 12.2. The Hall–Kier alpha value is -1.61. The van der Waals surface area contributed by atoms with E-state index in [4.69, 9.17) is 0 Å². The third-order valence-electron chi connectivity index (χ3n) is 3.37. The third kappa shape index (κ3) is 5.01. The fraction of sp³-hybridized carbons (Fsp3) is 0.278. The highest BCUT2D eigenvalue weighted by molar-refractivity contribution is 9.10. The maximum Gasteiger partial charge on any atom is 0.255 e. The zero-order chi connectivity index (χ0) is 15.1. The minimum atomic E-state index is -0.0879. The van der Waals surface area contributed by atoms with Gasteiger partial charge in [0.05, 0.1) is 0 Å². The van der Waals surface area contributed by atoms with Crippen molar-refractivity contribution in [3.05, 3.63) is 64.1 Å². The van der Waals surface area contributed by atoms with Gasteiger partial charge in [0.15, 0.2) is 0 Å². The number of unbranched alkanes of at least 4 members (excludes halogenated alkanes) is 2. The second-order valence-electron chi connectivity index (χ2n) is 5.12. The summed E-state index contributed by atoms with van der Waals surface area (Å²) in [6, 6.07) is 15.5. The van der Waals surface area contributed by atoms with Gasteiger partial charge in [0, 0.05) is 15.7 Å². The van der Waals surface area contributed by atoms with Crippen LogP contribution in [0.1, 0.15) is 42.1 Å². The van der Waals surface area contributed by atoms with Crippen LogP contribution in [0.15, 0.2) is 53.0 Å². The van der Waals surface area contributed by atoms with E-state index in [0.29, 0.717) is 5.56 Å². The van der Waals surface area contributed by atoms with Crippen molar-refractivity contribution < 1.29 is 4.79 Å². The van der Waals surface area contributed by atoms with Crippen LogP contribution in [0, 0.1) is 0 Å². The molecule has 0 aliphatic rings. The molecule has 0 radical (unpaired) electrons. The number of nitrogens with one attached hydrogen (secondary N) is 1. The van der Waals surface area contributed by atoms with Gasteiger partial charge in [0.25, 0.3) is 5.91 Å². The van der Waals surface area contributed by atoms with Gasteiger partial charge in [0.2, 0.25) is 0 Å². The molecule has 0 unspecified atom stereocenters. The van der Waals surface area contributed by atoms with E-state index in [1.165, 1.54) is 24.8 Å².